The normalized spacial score (nSPS) is 22.3. The Morgan fingerprint density at radius 2 is 1.76 bits per heavy atom. The zero-order valence-electron chi connectivity index (χ0n) is 17.4. The molecule has 4 rings (SSSR count). The molecule has 1 N–H and O–H groups in total. The van der Waals surface area contributed by atoms with E-state index in [9.17, 15) is 9.59 Å². The Bertz CT molecular complexity index is 917. The fraction of sp³-hybridized carbons (Fsp3) is 0.440. The second-order valence-corrected chi connectivity index (χ2v) is 8.68. The standard InChI is InChI=1S/C25H30N2O2/c1-18-10-6-7-12-20(18)17-26-24(29)25(2)16-19-11-8-9-15-22(19)23(28)27(25)21-13-4-3-5-14-21/h6-12,15,21H,3-5,13-14,16-17H2,1-2H3,(H,26,29)/t25-/m1/s1. The van der Waals surface area contributed by atoms with Crippen LogP contribution in [0.4, 0.5) is 0 Å². The van der Waals surface area contributed by atoms with Crippen LogP contribution >= 0.6 is 0 Å². The first-order valence-corrected chi connectivity index (χ1v) is 10.7. The summed E-state index contributed by atoms with van der Waals surface area (Å²) in [6, 6.07) is 16.0. The van der Waals surface area contributed by atoms with Gasteiger partial charge in [-0.1, -0.05) is 61.7 Å². The second-order valence-electron chi connectivity index (χ2n) is 8.68. The number of amides is 2. The average molecular weight is 391 g/mol. The number of rotatable bonds is 4. The molecule has 0 radical (unpaired) electrons. The predicted octanol–water partition coefficient (Wildman–Crippen LogP) is 4.40. The molecule has 1 fully saturated rings. The Kier molecular flexibility index (Phi) is 5.44. The van der Waals surface area contributed by atoms with Crippen LogP contribution in [-0.4, -0.2) is 28.3 Å². The van der Waals surface area contributed by atoms with Crippen LogP contribution in [0.1, 0.15) is 66.1 Å². The number of fused-ring (bicyclic) bond motifs is 1. The van der Waals surface area contributed by atoms with Crippen molar-refractivity contribution in [2.24, 2.45) is 0 Å². The minimum Gasteiger partial charge on any atom is -0.350 e. The number of nitrogens with one attached hydrogen (secondary N) is 1. The van der Waals surface area contributed by atoms with Crippen LogP contribution in [0.25, 0.3) is 0 Å². The summed E-state index contributed by atoms with van der Waals surface area (Å²) in [6.07, 6.45) is 5.98. The van der Waals surface area contributed by atoms with Crippen LogP contribution in [0.5, 0.6) is 0 Å². The van der Waals surface area contributed by atoms with E-state index in [0.29, 0.717) is 13.0 Å². The summed E-state index contributed by atoms with van der Waals surface area (Å²) in [4.78, 5) is 28.9. The molecule has 1 aliphatic carbocycles. The van der Waals surface area contributed by atoms with E-state index in [1.165, 1.54) is 6.42 Å². The van der Waals surface area contributed by atoms with Crippen molar-refractivity contribution in [3.05, 3.63) is 70.8 Å². The molecule has 2 amide bonds. The van der Waals surface area contributed by atoms with Crippen LogP contribution in [0.15, 0.2) is 48.5 Å². The van der Waals surface area contributed by atoms with Gasteiger partial charge in [-0.25, -0.2) is 0 Å². The number of nitrogens with zero attached hydrogens (tertiary/aromatic N) is 1. The summed E-state index contributed by atoms with van der Waals surface area (Å²) in [5.41, 5.74) is 3.12. The summed E-state index contributed by atoms with van der Waals surface area (Å²) < 4.78 is 0. The van der Waals surface area contributed by atoms with Crippen LogP contribution in [-0.2, 0) is 17.8 Å². The fourth-order valence-corrected chi connectivity index (χ4v) is 4.97. The van der Waals surface area contributed by atoms with E-state index in [2.05, 4.69) is 18.3 Å². The Morgan fingerprint density at radius 1 is 1.07 bits per heavy atom. The van der Waals surface area contributed by atoms with Crippen molar-refractivity contribution in [1.82, 2.24) is 10.2 Å². The van der Waals surface area contributed by atoms with E-state index < -0.39 is 5.54 Å². The number of hydrogen-bond donors (Lipinski definition) is 1. The Hall–Kier alpha value is -2.62. The topological polar surface area (TPSA) is 49.4 Å². The van der Waals surface area contributed by atoms with Gasteiger partial charge < -0.3 is 10.2 Å². The molecule has 1 aliphatic heterocycles. The number of aryl methyl sites for hydroxylation is 1. The molecule has 4 nitrogen and oxygen atoms in total. The highest BCUT2D eigenvalue weighted by Gasteiger charge is 2.49. The minimum absolute atomic E-state index is 0.00675. The number of benzene rings is 2. The molecule has 0 unspecified atom stereocenters. The highest BCUT2D eigenvalue weighted by Crippen LogP contribution is 2.37. The highest BCUT2D eigenvalue weighted by atomic mass is 16.2. The van der Waals surface area contributed by atoms with E-state index in [1.54, 1.807) is 0 Å². The van der Waals surface area contributed by atoms with Gasteiger partial charge in [0.15, 0.2) is 0 Å². The molecule has 2 aromatic carbocycles. The summed E-state index contributed by atoms with van der Waals surface area (Å²) in [7, 11) is 0. The zero-order chi connectivity index (χ0) is 20.4. The average Bonchev–Trinajstić information content (AvgIpc) is 2.74. The molecule has 152 valence electrons. The fourth-order valence-electron chi connectivity index (χ4n) is 4.97. The first-order chi connectivity index (χ1) is 14.0. The van der Waals surface area contributed by atoms with Gasteiger partial charge in [0.05, 0.1) is 0 Å². The lowest BCUT2D eigenvalue weighted by molar-refractivity contribution is -0.133. The Labute approximate surface area is 173 Å². The Morgan fingerprint density at radius 3 is 2.52 bits per heavy atom. The van der Waals surface area contributed by atoms with Crippen molar-refractivity contribution in [2.75, 3.05) is 0 Å². The third-order valence-electron chi connectivity index (χ3n) is 6.66. The van der Waals surface area contributed by atoms with Crippen molar-refractivity contribution in [2.45, 2.75) is 70.5 Å². The first kappa shape index (κ1) is 19.7. The first-order valence-electron chi connectivity index (χ1n) is 10.7. The SMILES string of the molecule is Cc1ccccc1CNC(=O)[C@@]1(C)Cc2ccccc2C(=O)N1C1CCCCC1. The van der Waals surface area contributed by atoms with Crippen LogP contribution in [0.2, 0.25) is 0 Å². The zero-order valence-corrected chi connectivity index (χ0v) is 17.4. The molecule has 0 saturated heterocycles. The molecule has 4 heteroatoms. The van der Waals surface area contributed by atoms with Gasteiger partial charge in [-0.3, -0.25) is 9.59 Å². The van der Waals surface area contributed by atoms with Gasteiger partial charge in [-0.05, 0) is 49.4 Å². The molecule has 0 bridgehead atoms. The highest BCUT2D eigenvalue weighted by molar-refractivity contribution is 6.02. The lowest BCUT2D eigenvalue weighted by atomic mass is 9.79. The van der Waals surface area contributed by atoms with Crippen LogP contribution in [0.3, 0.4) is 0 Å². The third kappa shape index (κ3) is 3.68. The molecule has 2 aliphatic rings. The second kappa shape index (κ2) is 8.02. The summed E-state index contributed by atoms with van der Waals surface area (Å²) >= 11 is 0. The summed E-state index contributed by atoms with van der Waals surface area (Å²) in [6.45, 7) is 4.48. The third-order valence-corrected chi connectivity index (χ3v) is 6.66. The summed E-state index contributed by atoms with van der Waals surface area (Å²) in [5.74, 6) is -0.0542. The minimum atomic E-state index is -0.865. The van der Waals surface area contributed by atoms with Crippen molar-refractivity contribution < 1.29 is 9.59 Å². The smallest absolute Gasteiger partial charge is 0.255 e. The maximum absolute atomic E-state index is 13.5. The molecule has 1 atom stereocenters. The van der Waals surface area contributed by atoms with Gasteiger partial charge in [0.25, 0.3) is 5.91 Å². The van der Waals surface area contributed by atoms with Crippen molar-refractivity contribution in [3.63, 3.8) is 0 Å². The van der Waals surface area contributed by atoms with Gasteiger partial charge in [0.1, 0.15) is 5.54 Å². The lowest BCUT2D eigenvalue weighted by Gasteiger charge is -2.49. The summed E-state index contributed by atoms with van der Waals surface area (Å²) in [5, 5.41) is 3.14. The molecule has 2 aromatic rings. The van der Waals surface area contributed by atoms with Crippen LogP contribution < -0.4 is 5.32 Å². The van der Waals surface area contributed by atoms with Gasteiger partial charge in [0, 0.05) is 24.6 Å². The van der Waals surface area contributed by atoms with Gasteiger partial charge >= 0.3 is 0 Å². The van der Waals surface area contributed by atoms with Gasteiger partial charge in [-0.2, -0.15) is 0 Å². The number of hydrogen-bond acceptors (Lipinski definition) is 2. The Balaban J connectivity index is 1.64. The molecule has 1 saturated carbocycles. The van der Waals surface area contributed by atoms with Crippen molar-refractivity contribution >= 4 is 11.8 Å². The predicted molar refractivity (Wildman–Crippen MR) is 115 cm³/mol. The van der Waals surface area contributed by atoms with Gasteiger partial charge in [0.2, 0.25) is 5.91 Å². The van der Waals surface area contributed by atoms with E-state index in [4.69, 9.17) is 0 Å². The van der Waals surface area contributed by atoms with E-state index >= 15 is 0 Å². The monoisotopic (exact) mass is 390 g/mol. The largest absolute Gasteiger partial charge is 0.350 e. The maximum atomic E-state index is 13.5. The molecular weight excluding hydrogens is 360 g/mol. The number of carbonyl (C=O) groups excluding carboxylic acids is 2. The molecule has 0 spiro atoms. The lowest BCUT2D eigenvalue weighted by Crippen LogP contribution is -2.65. The van der Waals surface area contributed by atoms with Gasteiger partial charge in [-0.15, -0.1) is 0 Å². The van der Waals surface area contributed by atoms with Crippen LogP contribution in [0, 0.1) is 6.92 Å². The molecule has 0 aromatic heterocycles. The molecular formula is C25H30N2O2. The van der Waals surface area contributed by atoms with E-state index in [1.807, 2.05) is 54.3 Å². The molecule has 29 heavy (non-hydrogen) atoms. The van der Waals surface area contributed by atoms with E-state index in [0.717, 1.165) is 47.9 Å². The van der Waals surface area contributed by atoms with E-state index in [-0.39, 0.29) is 17.9 Å². The number of carbonyl (C=O) groups is 2. The van der Waals surface area contributed by atoms with Crippen molar-refractivity contribution in [1.29, 1.82) is 0 Å². The quantitative estimate of drug-likeness (QED) is 0.841. The van der Waals surface area contributed by atoms with Crippen molar-refractivity contribution in [3.8, 4) is 0 Å². The maximum Gasteiger partial charge on any atom is 0.255 e. The molecule has 1 heterocycles.